The summed E-state index contributed by atoms with van der Waals surface area (Å²) in [7, 11) is 0. The fraction of sp³-hybridized carbons (Fsp3) is 0.769. The molecule has 0 saturated carbocycles. The minimum Gasteiger partial charge on any atom is -0.374 e. The Balaban J connectivity index is 2.17. The van der Waals surface area contributed by atoms with Crippen molar-refractivity contribution >= 4 is 5.84 Å². The third-order valence-corrected chi connectivity index (χ3v) is 2.81. The molecule has 92 valence electrons. The number of hydrogen-bond acceptors (Lipinski definition) is 3. The number of unbranched alkanes of at least 4 members (excludes halogenated alkanes) is 2. The normalized spacial score (nSPS) is 18.2. The predicted octanol–water partition coefficient (Wildman–Crippen LogP) is 2.57. The highest BCUT2D eigenvalue weighted by Crippen LogP contribution is 2.11. The van der Waals surface area contributed by atoms with Gasteiger partial charge in [-0.3, -0.25) is 4.99 Å². The van der Waals surface area contributed by atoms with Crippen molar-refractivity contribution in [1.82, 2.24) is 4.90 Å². The van der Waals surface area contributed by atoms with Crippen molar-refractivity contribution in [2.45, 2.75) is 52.2 Å². The SMILES string of the molecule is CCC/C=C/CCCC1=NCCN1C(C)O. The molecule has 0 aromatic heterocycles. The predicted molar refractivity (Wildman–Crippen MR) is 68.6 cm³/mol. The zero-order chi connectivity index (χ0) is 11.8. The molecule has 0 aliphatic carbocycles. The first kappa shape index (κ1) is 13.2. The van der Waals surface area contributed by atoms with E-state index in [1.54, 1.807) is 0 Å². The van der Waals surface area contributed by atoms with Gasteiger partial charge in [0.15, 0.2) is 0 Å². The van der Waals surface area contributed by atoms with Crippen LogP contribution in [0.2, 0.25) is 0 Å². The maximum Gasteiger partial charge on any atom is 0.125 e. The van der Waals surface area contributed by atoms with Gasteiger partial charge in [-0.25, -0.2) is 0 Å². The van der Waals surface area contributed by atoms with E-state index in [1.165, 1.54) is 12.8 Å². The first-order valence-electron chi connectivity index (χ1n) is 6.38. The molecule has 0 saturated heterocycles. The summed E-state index contributed by atoms with van der Waals surface area (Å²) in [4.78, 5) is 6.43. The number of rotatable bonds is 7. The number of allylic oxidation sites excluding steroid dienone is 2. The maximum absolute atomic E-state index is 9.53. The lowest BCUT2D eigenvalue weighted by atomic mass is 10.2. The van der Waals surface area contributed by atoms with Gasteiger partial charge in [0.25, 0.3) is 0 Å². The zero-order valence-electron chi connectivity index (χ0n) is 10.5. The molecule has 1 atom stereocenters. The van der Waals surface area contributed by atoms with Gasteiger partial charge < -0.3 is 10.0 Å². The van der Waals surface area contributed by atoms with Crippen LogP contribution in [0.4, 0.5) is 0 Å². The third-order valence-electron chi connectivity index (χ3n) is 2.81. The summed E-state index contributed by atoms with van der Waals surface area (Å²) in [6.45, 7) is 5.71. The largest absolute Gasteiger partial charge is 0.374 e. The molecule has 3 nitrogen and oxygen atoms in total. The van der Waals surface area contributed by atoms with E-state index in [9.17, 15) is 5.11 Å². The molecule has 0 aromatic rings. The summed E-state index contributed by atoms with van der Waals surface area (Å²) in [6.07, 6.45) is 9.75. The van der Waals surface area contributed by atoms with Crippen LogP contribution in [-0.2, 0) is 0 Å². The topological polar surface area (TPSA) is 35.8 Å². The summed E-state index contributed by atoms with van der Waals surface area (Å²) in [5, 5.41) is 9.53. The Labute approximate surface area is 98.9 Å². The molecule has 1 heterocycles. The lowest BCUT2D eigenvalue weighted by Crippen LogP contribution is -2.35. The summed E-state index contributed by atoms with van der Waals surface area (Å²) in [5.41, 5.74) is 0. The van der Waals surface area contributed by atoms with Gasteiger partial charge in [0.2, 0.25) is 0 Å². The van der Waals surface area contributed by atoms with Crippen LogP contribution in [0.3, 0.4) is 0 Å². The van der Waals surface area contributed by atoms with Gasteiger partial charge in [-0.2, -0.15) is 0 Å². The third kappa shape index (κ3) is 4.35. The molecule has 0 bridgehead atoms. The summed E-state index contributed by atoms with van der Waals surface area (Å²) >= 11 is 0. The highest BCUT2D eigenvalue weighted by atomic mass is 16.3. The lowest BCUT2D eigenvalue weighted by molar-refractivity contribution is 0.0766. The average Bonchev–Trinajstić information content (AvgIpc) is 2.71. The molecule has 16 heavy (non-hydrogen) atoms. The fourth-order valence-corrected chi connectivity index (χ4v) is 1.91. The van der Waals surface area contributed by atoms with Gasteiger partial charge in [0.1, 0.15) is 12.1 Å². The Kier molecular flexibility index (Phi) is 6.16. The molecule has 1 N–H and O–H groups in total. The van der Waals surface area contributed by atoms with Crippen molar-refractivity contribution in [2.75, 3.05) is 13.1 Å². The van der Waals surface area contributed by atoms with E-state index in [-0.39, 0.29) is 0 Å². The Bertz CT molecular complexity index is 246. The van der Waals surface area contributed by atoms with Gasteiger partial charge >= 0.3 is 0 Å². The van der Waals surface area contributed by atoms with E-state index in [0.717, 1.165) is 38.2 Å². The average molecular weight is 224 g/mol. The second-order valence-corrected chi connectivity index (χ2v) is 4.28. The van der Waals surface area contributed by atoms with Gasteiger partial charge in [0.05, 0.1) is 6.54 Å². The minimum absolute atomic E-state index is 0.392. The quantitative estimate of drug-likeness (QED) is 0.533. The smallest absolute Gasteiger partial charge is 0.125 e. The highest BCUT2D eigenvalue weighted by molar-refractivity contribution is 5.83. The molecule has 0 spiro atoms. The van der Waals surface area contributed by atoms with Gasteiger partial charge in [-0.05, 0) is 26.2 Å². The van der Waals surface area contributed by atoms with Crippen molar-refractivity contribution in [3.63, 3.8) is 0 Å². The van der Waals surface area contributed by atoms with Gasteiger partial charge in [0, 0.05) is 13.0 Å². The van der Waals surface area contributed by atoms with Crippen molar-refractivity contribution in [3.05, 3.63) is 12.2 Å². The van der Waals surface area contributed by atoms with Crippen LogP contribution in [-0.4, -0.2) is 35.2 Å². The molecule has 0 amide bonds. The van der Waals surface area contributed by atoms with Crippen molar-refractivity contribution in [1.29, 1.82) is 0 Å². The fourth-order valence-electron chi connectivity index (χ4n) is 1.91. The summed E-state index contributed by atoms with van der Waals surface area (Å²) < 4.78 is 0. The van der Waals surface area contributed by atoms with Crippen molar-refractivity contribution in [2.24, 2.45) is 4.99 Å². The monoisotopic (exact) mass is 224 g/mol. The molecule has 0 radical (unpaired) electrons. The molecule has 1 aliphatic heterocycles. The maximum atomic E-state index is 9.53. The van der Waals surface area contributed by atoms with E-state index in [2.05, 4.69) is 24.1 Å². The first-order chi connectivity index (χ1) is 7.75. The number of amidine groups is 1. The molecule has 3 heteroatoms. The Morgan fingerprint density at radius 1 is 1.44 bits per heavy atom. The van der Waals surface area contributed by atoms with Crippen LogP contribution < -0.4 is 0 Å². The molecule has 0 fully saturated rings. The molecule has 0 aromatic carbocycles. The lowest BCUT2D eigenvalue weighted by Gasteiger charge is -2.23. The van der Waals surface area contributed by atoms with Crippen LogP contribution in [0.5, 0.6) is 0 Å². The molecular formula is C13H24N2O. The Morgan fingerprint density at radius 3 is 2.88 bits per heavy atom. The van der Waals surface area contributed by atoms with Crippen LogP contribution in [0, 0.1) is 0 Å². The highest BCUT2D eigenvalue weighted by Gasteiger charge is 2.19. The second-order valence-electron chi connectivity index (χ2n) is 4.28. The summed E-state index contributed by atoms with van der Waals surface area (Å²) in [6, 6.07) is 0. The van der Waals surface area contributed by atoms with E-state index >= 15 is 0 Å². The van der Waals surface area contributed by atoms with Gasteiger partial charge in [-0.15, -0.1) is 0 Å². The molecule has 1 aliphatic rings. The van der Waals surface area contributed by atoms with E-state index in [1.807, 2.05) is 11.8 Å². The van der Waals surface area contributed by atoms with Crippen molar-refractivity contribution in [3.8, 4) is 0 Å². The van der Waals surface area contributed by atoms with Crippen LogP contribution in [0.15, 0.2) is 17.1 Å². The molecule has 1 rings (SSSR count). The van der Waals surface area contributed by atoms with Gasteiger partial charge in [-0.1, -0.05) is 25.5 Å². The van der Waals surface area contributed by atoms with Crippen LogP contribution in [0.25, 0.3) is 0 Å². The number of aliphatic hydroxyl groups excluding tert-OH is 1. The number of hydrogen-bond donors (Lipinski definition) is 1. The van der Waals surface area contributed by atoms with E-state index in [0.29, 0.717) is 0 Å². The number of aliphatic hydroxyl groups is 1. The number of nitrogens with zero attached hydrogens (tertiary/aromatic N) is 2. The molecular weight excluding hydrogens is 200 g/mol. The summed E-state index contributed by atoms with van der Waals surface area (Å²) in [5.74, 6) is 1.08. The standard InChI is InChI=1S/C13H24N2O/c1-3-4-5-6-7-8-9-13-14-10-11-15(13)12(2)16/h5-6,12,16H,3-4,7-11H2,1-2H3/b6-5+. The minimum atomic E-state index is -0.392. The zero-order valence-corrected chi connectivity index (χ0v) is 10.5. The van der Waals surface area contributed by atoms with Crippen LogP contribution in [0.1, 0.15) is 46.0 Å². The second kappa shape index (κ2) is 7.44. The first-order valence-corrected chi connectivity index (χ1v) is 6.38. The Morgan fingerprint density at radius 2 is 2.19 bits per heavy atom. The van der Waals surface area contributed by atoms with E-state index < -0.39 is 6.23 Å². The molecule has 1 unspecified atom stereocenters. The van der Waals surface area contributed by atoms with Crippen LogP contribution >= 0.6 is 0 Å². The number of aliphatic imine (C=N–C) groups is 1. The van der Waals surface area contributed by atoms with Crippen molar-refractivity contribution < 1.29 is 5.11 Å². The Hall–Kier alpha value is -0.830. The van der Waals surface area contributed by atoms with E-state index in [4.69, 9.17) is 0 Å².